The van der Waals surface area contributed by atoms with E-state index in [9.17, 15) is 9.59 Å². The van der Waals surface area contributed by atoms with Crippen molar-refractivity contribution < 1.29 is 14.0 Å². The molecule has 130 valence electrons. The van der Waals surface area contributed by atoms with E-state index < -0.39 is 0 Å². The zero-order valence-electron chi connectivity index (χ0n) is 14.2. The molecule has 1 aliphatic rings. The van der Waals surface area contributed by atoms with E-state index >= 15 is 0 Å². The second kappa shape index (κ2) is 7.79. The fourth-order valence-corrected chi connectivity index (χ4v) is 2.73. The highest BCUT2D eigenvalue weighted by Crippen LogP contribution is 2.15. The Hall–Kier alpha value is -2.89. The van der Waals surface area contributed by atoms with Crippen LogP contribution in [0.5, 0.6) is 0 Å². The number of hydrogen-bond acceptors (Lipinski definition) is 4. The van der Waals surface area contributed by atoms with Crippen molar-refractivity contribution in [1.82, 2.24) is 9.91 Å². The summed E-state index contributed by atoms with van der Waals surface area (Å²) in [6.07, 6.45) is 2.64. The highest BCUT2D eigenvalue weighted by atomic mass is 16.3. The molecule has 1 aliphatic heterocycles. The summed E-state index contributed by atoms with van der Waals surface area (Å²) in [7, 11) is 1.71. The van der Waals surface area contributed by atoms with Crippen LogP contribution in [-0.2, 0) is 16.1 Å². The zero-order chi connectivity index (χ0) is 17.6. The van der Waals surface area contributed by atoms with Gasteiger partial charge < -0.3 is 9.32 Å². The van der Waals surface area contributed by atoms with Gasteiger partial charge in [0, 0.05) is 26.3 Å². The maximum Gasteiger partial charge on any atom is 0.243 e. The molecule has 2 heterocycles. The molecule has 0 aliphatic carbocycles. The molecule has 1 aromatic carbocycles. The van der Waals surface area contributed by atoms with Gasteiger partial charge in [0.15, 0.2) is 0 Å². The average Bonchev–Trinajstić information content (AvgIpc) is 3.32. The van der Waals surface area contributed by atoms with Crippen LogP contribution in [0.2, 0.25) is 0 Å². The topological polar surface area (TPSA) is 66.1 Å². The Balaban J connectivity index is 1.49. The first kappa shape index (κ1) is 17.0. The fraction of sp³-hybridized carbons (Fsp3) is 0.316. The van der Waals surface area contributed by atoms with Crippen molar-refractivity contribution >= 4 is 17.5 Å². The lowest BCUT2D eigenvalue weighted by atomic mass is 10.1. The predicted molar refractivity (Wildman–Crippen MR) is 93.7 cm³/mol. The van der Waals surface area contributed by atoms with E-state index in [0.717, 1.165) is 23.5 Å². The van der Waals surface area contributed by atoms with Crippen molar-refractivity contribution in [2.45, 2.75) is 25.8 Å². The molecule has 2 amide bonds. The van der Waals surface area contributed by atoms with Gasteiger partial charge in [-0.1, -0.05) is 30.3 Å². The molecule has 25 heavy (non-hydrogen) atoms. The summed E-state index contributed by atoms with van der Waals surface area (Å²) in [6, 6.07) is 13.4. The van der Waals surface area contributed by atoms with Crippen LogP contribution in [0.15, 0.2) is 58.2 Å². The van der Waals surface area contributed by atoms with Crippen LogP contribution in [0.3, 0.4) is 0 Å². The Morgan fingerprint density at radius 1 is 1.16 bits per heavy atom. The summed E-state index contributed by atoms with van der Waals surface area (Å²) in [4.78, 5) is 26.0. The fourth-order valence-electron chi connectivity index (χ4n) is 2.73. The van der Waals surface area contributed by atoms with Gasteiger partial charge in [-0.3, -0.25) is 9.59 Å². The summed E-state index contributed by atoms with van der Waals surface area (Å²) in [6.45, 7) is 0.972. The molecule has 6 heteroatoms. The third-order valence-electron chi connectivity index (χ3n) is 4.15. The SMILES string of the molecule is CN(Cc1ccco1)C(=O)CCC(=O)N1CCC(c2ccccc2)=N1. The molecule has 0 atom stereocenters. The zero-order valence-corrected chi connectivity index (χ0v) is 14.2. The molecular weight excluding hydrogens is 318 g/mol. The van der Waals surface area contributed by atoms with Crippen LogP contribution in [0.25, 0.3) is 0 Å². The number of furan rings is 1. The van der Waals surface area contributed by atoms with E-state index in [1.165, 1.54) is 5.01 Å². The van der Waals surface area contributed by atoms with E-state index in [1.807, 2.05) is 36.4 Å². The van der Waals surface area contributed by atoms with Crippen molar-refractivity contribution in [2.24, 2.45) is 5.10 Å². The number of carbonyl (C=O) groups is 2. The van der Waals surface area contributed by atoms with Gasteiger partial charge in [0.05, 0.1) is 25.1 Å². The monoisotopic (exact) mass is 339 g/mol. The van der Waals surface area contributed by atoms with Gasteiger partial charge in [-0.05, 0) is 17.7 Å². The van der Waals surface area contributed by atoms with Gasteiger partial charge in [0.2, 0.25) is 11.8 Å². The number of carbonyl (C=O) groups excluding carboxylic acids is 2. The van der Waals surface area contributed by atoms with Crippen molar-refractivity contribution in [3.8, 4) is 0 Å². The van der Waals surface area contributed by atoms with Gasteiger partial charge in [0.25, 0.3) is 0 Å². The summed E-state index contributed by atoms with van der Waals surface area (Å²) in [5.41, 5.74) is 1.95. The van der Waals surface area contributed by atoms with Crippen molar-refractivity contribution in [2.75, 3.05) is 13.6 Å². The lowest BCUT2D eigenvalue weighted by molar-refractivity contribution is -0.136. The number of rotatable bonds is 6. The Morgan fingerprint density at radius 2 is 1.96 bits per heavy atom. The summed E-state index contributed by atoms with van der Waals surface area (Å²) in [5, 5.41) is 5.88. The van der Waals surface area contributed by atoms with Gasteiger partial charge in [-0.25, -0.2) is 5.01 Å². The summed E-state index contributed by atoms with van der Waals surface area (Å²) < 4.78 is 5.23. The van der Waals surface area contributed by atoms with E-state index in [2.05, 4.69) is 5.10 Å². The third-order valence-corrected chi connectivity index (χ3v) is 4.15. The molecule has 0 saturated carbocycles. The Labute approximate surface area is 146 Å². The minimum atomic E-state index is -0.120. The molecular formula is C19H21N3O3. The number of nitrogens with zero attached hydrogens (tertiary/aromatic N) is 3. The average molecular weight is 339 g/mol. The minimum absolute atomic E-state index is 0.0868. The molecule has 0 radical (unpaired) electrons. The minimum Gasteiger partial charge on any atom is -0.467 e. The van der Waals surface area contributed by atoms with E-state index in [4.69, 9.17) is 4.42 Å². The van der Waals surface area contributed by atoms with Crippen molar-refractivity contribution in [3.63, 3.8) is 0 Å². The number of hydrazone groups is 1. The maximum absolute atomic E-state index is 12.3. The number of hydrogen-bond donors (Lipinski definition) is 0. The molecule has 2 aromatic rings. The number of amides is 2. The molecule has 0 spiro atoms. The summed E-state index contributed by atoms with van der Waals surface area (Å²) in [5.74, 6) is 0.515. The molecule has 0 N–H and O–H groups in total. The quantitative estimate of drug-likeness (QED) is 0.812. The van der Waals surface area contributed by atoms with Gasteiger partial charge in [-0.15, -0.1) is 0 Å². The van der Waals surface area contributed by atoms with Crippen LogP contribution in [-0.4, -0.2) is 41.0 Å². The Bertz CT molecular complexity index is 753. The van der Waals surface area contributed by atoms with Crippen LogP contribution in [0.4, 0.5) is 0 Å². The van der Waals surface area contributed by atoms with Crippen LogP contribution in [0.1, 0.15) is 30.6 Å². The van der Waals surface area contributed by atoms with E-state index in [-0.39, 0.29) is 24.7 Å². The van der Waals surface area contributed by atoms with Gasteiger partial charge >= 0.3 is 0 Å². The third kappa shape index (κ3) is 4.35. The molecule has 3 rings (SSSR count). The molecule has 0 unspecified atom stereocenters. The van der Waals surface area contributed by atoms with Crippen LogP contribution < -0.4 is 0 Å². The normalized spacial score (nSPS) is 13.6. The van der Waals surface area contributed by atoms with E-state index in [1.54, 1.807) is 24.3 Å². The first-order valence-electron chi connectivity index (χ1n) is 8.33. The van der Waals surface area contributed by atoms with Crippen molar-refractivity contribution in [1.29, 1.82) is 0 Å². The van der Waals surface area contributed by atoms with Gasteiger partial charge in [-0.2, -0.15) is 5.10 Å². The first-order chi connectivity index (χ1) is 12.1. The summed E-state index contributed by atoms with van der Waals surface area (Å²) >= 11 is 0. The van der Waals surface area contributed by atoms with E-state index in [0.29, 0.717) is 13.1 Å². The standard InChI is InChI=1S/C19H21N3O3/c1-21(14-16-8-5-13-25-16)18(23)9-10-19(24)22-12-11-17(20-22)15-6-3-2-4-7-15/h2-8,13H,9-12,14H2,1H3. The predicted octanol–water partition coefficient (Wildman–Crippen LogP) is 2.65. The second-order valence-corrected chi connectivity index (χ2v) is 6.01. The molecule has 0 fully saturated rings. The molecule has 0 bridgehead atoms. The van der Waals surface area contributed by atoms with Gasteiger partial charge in [0.1, 0.15) is 5.76 Å². The maximum atomic E-state index is 12.3. The Kier molecular flexibility index (Phi) is 5.28. The van der Waals surface area contributed by atoms with Crippen LogP contribution in [0, 0.1) is 0 Å². The highest BCUT2D eigenvalue weighted by Gasteiger charge is 2.22. The van der Waals surface area contributed by atoms with Crippen molar-refractivity contribution in [3.05, 3.63) is 60.1 Å². The Morgan fingerprint density at radius 3 is 2.68 bits per heavy atom. The number of benzene rings is 1. The molecule has 1 aromatic heterocycles. The second-order valence-electron chi connectivity index (χ2n) is 6.01. The smallest absolute Gasteiger partial charge is 0.243 e. The lowest BCUT2D eigenvalue weighted by Gasteiger charge is -2.16. The van der Waals surface area contributed by atoms with Crippen LogP contribution >= 0.6 is 0 Å². The molecule has 6 nitrogen and oxygen atoms in total. The molecule has 0 saturated heterocycles. The first-order valence-corrected chi connectivity index (χ1v) is 8.33. The largest absolute Gasteiger partial charge is 0.467 e. The highest BCUT2D eigenvalue weighted by molar-refractivity contribution is 6.02. The lowest BCUT2D eigenvalue weighted by Crippen LogP contribution is -2.29.